The summed E-state index contributed by atoms with van der Waals surface area (Å²) in [6.45, 7) is 2.46. The third kappa shape index (κ3) is 3.03. The van der Waals surface area contributed by atoms with Crippen LogP contribution < -0.4 is 5.73 Å². The van der Waals surface area contributed by atoms with E-state index < -0.39 is 5.97 Å². The van der Waals surface area contributed by atoms with Crippen LogP contribution in [-0.4, -0.2) is 26.1 Å². The van der Waals surface area contributed by atoms with Gasteiger partial charge in [0.05, 0.1) is 23.5 Å². The number of carboxylic acid groups (broad SMARTS) is 1. The molecule has 0 saturated heterocycles. The van der Waals surface area contributed by atoms with Crippen molar-refractivity contribution in [2.75, 3.05) is 0 Å². The molecule has 0 aliphatic rings. The first-order valence-electron chi connectivity index (χ1n) is 6.60. The van der Waals surface area contributed by atoms with E-state index in [-0.39, 0.29) is 6.42 Å². The number of hydrogen-bond donors (Lipinski definition) is 2. The van der Waals surface area contributed by atoms with Crippen LogP contribution in [0.25, 0.3) is 5.69 Å². The largest absolute Gasteiger partial charge is 0.481 e. The first kappa shape index (κ1) is 14.2. The van der Waals surface area contributed by atoms with E-state index in [4.69, 9.17) is 10.8 Å². The average Bonchev–Trinajstić information content (AvgIpc) is 2.82. The first-order chi connectivity index (χ1) is 9.65. The summed E-state index contributed by atoms with van der Waals surface area (Å²) in [6, 6.07) is 7.30. The highest BCUT2D eigenvalue weighted by Gasteiger charge is 2.12. The van der Waals surface area contributed by atoms with Crippen molar-refractivity contribution in [1.82, 2.24) is 15.0 Å². The Morgan fingerprint density at radius 3 is 2.60 bits per heavy atom. The summed E-state index contributed by atoms with van der Waals surface area (Å²) < 4.78 is 1.77. The van der Waals surface area contributed by atoms with Crippen LogP contribution >= 0.6 is 0 Å². The maximum absolute atomic E-state index is 10.7. The number of carbonyl (C=O) groups is 1. The Balaban J connectivity index is 2.31. The summed E-state index contributed by atoms with van der Waals surface area (Å²) in [7, 11) is 0. The van der Waals surface area contributed by atoms with Gasteiger partial charge in [-0.1, -0.05) is 30.7 Å². The van der Waals surface area contributed by atoms with E-state index in [1.807, 2.05) is 12.1 Å². The summed E-state index contributed by atoms with van der Waals surface area (Å²) in [5, 5.41) is 17.0. The van der Waals surface area contributed by atoms with Gasteiger partial charge in [0.25, 0.3) is 0 Å². The second kappa shape index (κ2) is 6.29. The minimum Gasteiger partial charge on any atom is -0.481 e. The van der Waals surface area contributed by atoms with Gasteiger partial charge in [-0.15, -0.1) is 5.10 Å². The Morgan fingerprint density at radius 1 is 1.35 bits per heavy atom. The fourth-order valence-electron chi connectivity index (χ4n) is 2.12. The molecule has 1 aromatic heterocycles. The zero-order valence-electron chi connectivity index (χ0n) is 11.4. The van der Waals surface area contributed by atoms with Crippen molar-refractivity contribution in [3.8, 4) is 5.69 Å². The van der Waals surface area contributed by atoms with Crippen LogP contribution in [0, 0.1) is 0 Å². The predicted molar refractivity (Wildman–Crippen MR) is 74.6 cm³/mol. The van der Waals surface area contributed by atoms with Crippen molar-refractivity contribution in [1.29, 1.82) is 0 Å². The maximum atomic E-state index is 10.7. The van der Waals surface area contributed by atoms with Gasteiger partial charge >= 0.3 is 5.97 Å². The number of nitrogens with two attached hydrogens (primary N) is 1. The molecule has 0 bridgehead atoms. The third-order valence-electron chi connectivity index (χ3n) is 3.06. The minimum atomic E-state index is -0.837. The van der Waals surface area contributed by atoms with E-state index in [2.05, 4.69) is 17.2 Å². The standard InChI is InChI=1S/C14H18N4O2/c1-2-3-13-12(9-15)16-17-18(13)11-6-4-10(5-7-11)8-14(19)20/h4-7H,2-3,8-9,15H2,1H3,(H,19,20). The molecule has 1 heterocycles. The highest BCUT2D eigenvalue weighted by atomic mass is 16.4. The number of aliphatic carboxylic acids is 1. The lowest BCUT2D eigenvalue weighted by Crippen LogP contribution is -2.06. The van der Waals surface area contributed by atoms with Gasteiger partial charge in [0.1, 0.15) is 0 Å². The van der Waals surface area contributed by atoms with Crippen molar-refractivity contribution in [2.24, 2.45) is 5.73 Å². The number of benzene rings is 1. The lowest BCUT2D eigenvalue weighted by Gasteiger charge is -2.07. The molecule has 0 fully saturated rings. The van der Waals surface area contributed by atoms with E-state index in [1.54, 1.807) is 16.8 Å². The lowest BCUT2D eigenvalue weighted by molar-refractivity contribution is -0.136. The SMILES string of the molecule is CCCc1c(CN)nnn1-c1ccc(CC(=O)O)cc1. The van der Waals surface area contributed by atoms with Crippen LogP contribution in [-0.2, 0) is 24.2 Å². The molecule has 0 radical (unpaired) electrons. The van der Waals surface area contributed by atoms with E-state index in [9.17, 15) is 4.79 Å². The smallest absolute Gasteiger partial charge is 0.307 e. The minimum absolute atomic E-state index is 0.0213. The Kier molecular flexibility index (Phi) is 4.47. The number of aromatic nitrogens is 3. The quantitative estimate of drug-likeness (QED) is 0.828. The Morgan fingerprint density at radius 2 is 2.05 bits per heavy atom. The fourth-order valence-corrected chi connectivity index (χ4v) is 2.12. The van der Waals surface area contributed by atoms with Crippen molar-refractivity contribution in [3.05, 3.63) is 41.2 Å². The van der Waals surface area contributed by atoms with Gasteiger partial charge < -0.3 is 10.8 Å². The van der Waals surface area contributed by atoms with Gasteiger partial charge in [0.15, 0.2) is 0 Å². The number of nitrogens with zero attached hydrogens (tertiary/aromatic N) is 3. The molecule has 20 heavy (non-hydrogen) atoms. The van der Waals surface area contributed by atoms with Crippen molar-refractivity contribution in [3.63, 3.8) is 0 Å². The zero-order chi connectivity index (χ0) is 14.5. The second-order valence-corrected chi connectivity index (χ2v) is 4.59. The molecule has 2 aromatic rings. The summed E-state index contributed by atoms with van der Waals surface area (Å²) in [5.74, 6) is -0.837. The highest BCUT2D eigenvalue weighted by molar-refractivity contribution is 5.70. The maximum Gasteiger partial charge on any atom is 0.307 e. The van der Waals surface area contributed by atoms with Crippen LogP contribution in [0.1, 0.15) is 30.3 Å². The van der Waals surface area contributed by atoms with Gasteiger partial charge in [-0.05, 0) is 24.1 Å². The van der Waals surface area contributed by atoms with Gasteiger partial charge in [-0.2, -0.15) is 0 Å². The third-order valence-corrected chi connectivity index (χ3v) is 3.06. The molecular weight excluding hydrogens is 256 g/mol. The lowest BCUT2D eigenvalue weighted by atomic mass is 10.1. The van der Waals surface area contributed by atoms with Gasteiger partial charge in [-0.25, -0.2) is 4.68 Å². The van der Waals surface area contributed by atoms with Gasteiger partial charge in [-0.3, -0.25) is 4.79 Å². The molecule has 6 heteroatoms. The Labute approximate surface area is 117 Å². The van der Waals surface area contributed by atoms with Crippen molar-refractivity contribution < 1.29 is 9.90 Å². The van der Waals surface area contributed by atoms with Crippen LogP contribution in [0.3, 0.4) is 0 Å². The van der Waals surface area contributed by atoms with Crippen LogP contribution in [0.2, 0.25) is 0 Å². The molecular formula is C14H18N4O2. The van der Waals surface area contributed by atoms with Gasteiger partial charge in [0.2, 0.25) is 0 Å². The molecule has 2 rings (SSSR count). The fraction of sp³-hybridized carbons (Fsp3) is 0.357. The Bertz CT molecular complexity index is 590. The molecule has 0 atom stereocenters. The average molecular weight is 274 g/mol. The van der Waals surface area contributed by atoms with Crippen molar-refractivity contribution >= 4 is 5.97 Å². The highest BCUT2D eigenvalue weighted by Crippen LogP contribution is 2.15. The number of rotatable bonds is 6. The van der Waals surface area contributed by atoms with Crippen LogP contribution in [0.5, 0.6) is 0 Å². The molecule has 6 nitrogen and oxygen atoms in total. The monoisotopic (exact) mass is 274 g/mol. The molecule has 0 aliphatic heterocycles. The molecule has 0 unspecified atom stereocenters. The predicted octanol–water partition coefficient (Wildman–Crippen LogP) is 1.31. The van der Waals surface area contributed by atoms with Crippen LogP contribution in [0.15, 0.2) is 24.3 Å². The molecule has 1 aromatic carbocycles. The van der Waals surface area contributed by atoms with E-state index in [1.165, 1.54) is 0 Å². The molecule has 0 spiro atoms. The Hall–Kier alpha value is -2.21. The summed E-state index contributed by atoms with van der Waals surface area (Å²) in [5.41, 5.74) is 9.12. The zero-order valence-corrected chi connectivity index (χ0v) is 11.4. The van der Waals surface area contributed by atoms with Crippen LogP contribution in [0.4, 0.5) is 0 Å². The number of hydrogen-bond acceptors (Lipinski definition) is 4. The van der Waals surface area contributed by atoms with E-state index >= 15 is 0 Å². The van der Waals surface area contributed by atoms with Gasteiger partial charge in [0, 0.05) is 6.54 Å². The number of carboxylic acids is 1. The molecule has 3 N–H and O–H groups in total. The second-order valence-electron chi connectivity index (χ2n) is 4.59. The summed E-state index contributed by atoms with van der Waals surface area (Å²) in [4.78, 5) is 10.7. The molecule has 0 aliphatic carbocycles. The molecule has 0 saturated carbocycles. The topological polar surface area (TPSA) is 94.0 Å². The molecule has 0 amide bonds. The van der Waals surface area contributed by atoms with Crippen molar-refractivity contribution in [2.45, 2.75) is 32.7 Å². The summed E-state index contributed by atoms with van der Waals surface area (Å²) >= 11 is 0. The summed E-state index contributed by atoms with van der Waals surface area (Å²) in [6.07, 6.45) is 1.86. The molecule has 106 valence electrons. The normalized spacial score (nSPS) is 10.7. The van der Waals surface area contributed by atoms with E-state index in [0.29, 0.717) is 6.54 Å². The van der Waals surface area contributed by atoms with E-state index in [0.717, 1.165) is 35.5 Å². The first-order valence-corrected chi connectivity index (χ1v) is 6.60.